The van der Waals surface area contributed by atoms with Crippen molar-refractivity contribution in [2.75, 3.05) is 25.9 Å². The van der Waals surface area contributed by atoms with E-state index < -0.39 is 0 Å². The van der Waals surface area contributed by atoms with Crippen LogP contribution < -0.4 is 5.73 Å². The SMILES string of the molecule is COC1CN(C(=O)c2cc(C)ccc2C)CC1Cc1cccc(N)c1. The van der Waals surface area contributed by atoms with E-state index in [4.69, 9.17) is 10.5 Å². The van der Waals surface area contributed by atoms with E-state index in [0.717, 1.165) is 28.8 Å². The summed E-state index contributed by atoms with van der Waals surface area (Å²) in [7, 11) is 1.73. The van der Waals surface area contributed by atoms with Crippen LogP contribution in [0.2, 0.25) is 0 Å². The number of nitrogens with two attached hydrogens (primary N) is 1. The topological polar surface area (TPSA) is 55.6 Å². The predicted octanol–water partition coefficient (Wildman–Crippen LogP) is 3.22. The molecule has 1 aliphatic rings. The summed E-state index contributed by atoms with van der Waals surface area (Å²) in [5.74, 6) is 0.374. The summed E-state index contributed by atoms with van der Waals surface area (Å²) in [6.07, 6.45) is 0.913. The van der Waals surface area contributed by atoms with Crippen LogP contribution in [-0.4, -0.2) is 37.1 Å². The number of rotatable bonds is 4. The number of methoxy groups -OCH3 is 1. The molecule has 2 atom stereocenters. The van der Waals surface area contributed by atoms with Gasteiger partial charge in [0.1, 0.15) is 0 Å². The lowest BCUT2D eigenvalue weighted by atomic mass is 9.96. The molecule has 25 heavy (non-hydrogen) atoms. The van der Waals surface area contributed by atoms with Crippen molar-refractivity contribution in [3.63, 3.8) is 0 Å². The monoisotopic (exact) mass is 338 g/mol. The van der Waals surface area contributed by atoms with Gasteiger partial charge < -0.3 is 15.4 Å². The van der Waals surface area contributed by atoms with Crippen molar-refractivity contribution in [2.24, 2.45) is 5.92 Å². The van der Waals surface area contributed by atoms with Gasteiger partial charge in [-0.25, -0.2) is 0 Å². The first-order valence-corrected chi connectivity index (χ1v) is 8.71. The molecular weight excluding hydrogens is 312 g/mol. The normalized spacial score (nSPS) is 20.0. The van der Waals surface area contributed by atoms with Gasteiger partial charge >= 0.3 is 0 Å². The maximum absolute atomic E-state index is 13.0. The Labute approximate surface area is 149 Å². The lowest BCUT2D eigenvalue weighted by molar-refractivity contribution is 0.0679. The number of carbonyl (C=O) groups is 1. The number of anilines is 1. The van der Waals surface area contributed by atoms with Gasteiger partial charge in [0.2, 0.25) is 0 Å². The van der Waals surface area contributed by atoms with Gasteiger partial charge in [0, 0.05) is 37.4 Å². The van der Waals surface area contributed by atoms with Crippen molar-refractivity contribution in [1.82, 2.24) is 4.90 Å². The molecule has 1 heterocycles. The van der Waals surface area contributed by atoms with Crippen LogP contribution in [0, 0.1) is 19.8 Å². The summed E-state index contributed by atoms with van der Waals surface area (Å²) in [6.45, 7) is 5.34. The van der Waals surface area contributed by atoms with Gasteiger partial charge in [-0.2, -0.15) is 0 Å². The fourth-order valence-electron chi connectivity index (χ4n) is 3.63. The lowest BCUT2D eigenvalue weighted by Crippen LogP contribution is -2.30. The van der Waals surface area contributed by atoms with Crippen LogP contribution in [0.5, 0.6) is 0 Å². The smallest absolute Gasteiger partial charge is 0.254 e. The summed E-state index contributed by atoms with van der Waals surface area (Å²) in [4.78, 5) is 14.9. The Morgan fingerprint density at radius 1 is 1.20 bits per heavy atom. The molecule has 0 bridgehead atoms. The Balaban J connectivity index is 1.76. The number of ether oxygens (including phenoxy) is 1. The van der Waals surface area contributed by atoms with Crippen molar-refractivity contribution in [3.8, 4) is 0 Å². The summed E-state index contributed by atoms with van der Waals surface area (Å²) in [5.41, 5.74) is 10.8. The zero-order valence-electron chi connectivity index (χ0n) is 15.2. The zero-order chi connectivity index (χ0) is 18.0. The quantitative estimate of drug-likeness (QED) is 0.871. The maximum atomic E-state index is 13.0. The molecule has 1 saturated heterocycles. The third-order valence-electron chi connectivity index (χ3n) is 5.04. The van der Waals surface area contributed by atoms with Crippen LogP contribution in [0.1, 0.15) is 27.0 Å². The molecule has 0 saturated carbocycles. The Hall–Kier alpha value is -2.33. The van der Waals surface area contributed by atoms with E-state index in [-0.39, 0.29) is 17.9 Å². The number of carbonyl (C=O) groups excluding carboxylic acids is 1. The fourth-order valence-corrected chi connectivity index (χ4v) is 3.63. The molecule has 0 spiro atoms. The summed E-state index contributed by atoms with van der Waals surface area (Å²) in [5, 5.41) is 0. The molecule has 4 heteroatoms. The van der Waals surface area contributed by atoms with Crippen LogP contribution in [0.4, 0.5) is 5.69 Å². The molecule has 0 radical (unpaired) electrons. The number of aryl methyl sites for hydroxylation is 2. The van der Waals surface area contributed by atoms with Gasteiger partial charge in [-0.15, -0.1) is 0 Å². The summed E-state index contributed by atoms with van der Waals surface area (Å²) >= 11 is 0. The minimum absolute atomic E-state index is 0.0514. The first-order valence-electron chi connectivity index (χ1n) is 8.71. The molecule has 2 aromatic carbocycles. The van der Waals surface area contributed by atoms with Gasteiger partial charge in [-0.3, -0.25) is 4.79 Å². The second-order valence-corrected chi connectivity index (χ2v) is 7.01. The van der Waals surface area contributed by atoms with E-state index in [0.29, 0.717) is 13.1 Å². The van der Waals surface area contributed by atoms with E-state index in [1.54, 1.807) is 7.11 Å². The first kappa shape index (κ1) is 17.5. The molecule has 2 aromatic rings. The van der Waals surface area contributed by atoms with Gasteiger partial charge in [-0.1, -0.05) is 29.8 Å². The molecule has 4 nitrogen and oxygen atoms in total. The van der Waals surface area contributed by atoms with Gasteiger partial charge in [0.25, 0.3) is 5.91 Å². The fraction of sp³-hybridized carbons (Fsp3) is 0.381. The minimum Gasteiger partial charge on any atom is -0.399 e. The van der Waals surface area contributed by atoms with E-state index in [1.807, 2.05) is 55.1 Å². The summed E-state index contributed by atoms with van der Waals surface area (Å²) in [6, 6.07) is 14.0. The van der Waals surface area contributed by atoms with E-state index in [2.05, 4.69) is 6.07 Å². The minimum atomic E-state index is 0.0514. The largest absolute Gasteiger partial charge is 0.399 e. The molecule has 2 N–H and O–H groups in total. The molecular formula is C21H26N2O2. The van der Waals surface area contributed by atoms with E-state index in [9.17, 15) is 4.79 Å². The highest BCUT2D eigenvalue weighted by Crippen LogP contribution is 2.26. The standard InChI is InChI=1S/C21H26N2O2/c1-14-7-8-15(2)19(9-14)21(24)23-12-17(20(13-23)25-3)10-16-5-4-6-18(22)11-16/h4-9,11,17,20H,10,12-13,22H2,1-3H3. The van der Waals surface area contributed by atoms with Crippen LogP contribution in [-0.2, 0) is 11.2 Å². The Bertz CT molecular complexity index is 772. The first-order chi connectivity index (χ1) is 12.0. The van der Waals surface area contributed by atoms with Gasteiger partial charge in [0.05, 0.1) is 6.10 Å². The second kappa shape index (κ2) is 7.28. The number of benzene rings is 2. The molecule has 132 valence electrons. The zero-order valence-corrected chi connectivity index (χ0v) is 15.2. The molecule has 1 amide bonds. The molecule has 2 unspecified atom stereocenters. The number of likely N-dealkylation sites (tertiary alicyclic amines) is 1. The van der Waals surface area contributed by atoms with Crippen LogP contribution in [0.3, 0.4) is 0 Å². The highest BCUT2D eigenvalue weighted by Gasteiger charge is 2.36. The Morgan fingerprint density at radius 3 is 2.72 bits per heavy atom. The Morgan fingerprint density at radius 2 is 2.00 bits per heavy atom. The number of hydrogen-bond donors (Lipinski definition) is 1. The number of hydrogen-bond acceptors (Lipinski definition) is 3. The van der Waals surface area contributed by atoms with Crippen molar-refractivity contribution in [2.45, 2.75) is 26.4 Å². The van der Waals surface area contributed by atoms with Crippen molar-refractivity contribution in [3.05, 3.63) is 64.7 Å². The molecule has 1 aliphatic heterocycles. The molecule has 3 rings (SSSR count). The Kier molecular flexibility index (Phi) is 5.09. The highest BCUT2D eigenvalue weighted by molar-refractivity contribution is 5.96. The lowest BCUT2D eigenvalue weighted by Gasteiger charge is -2.18. The number of amides is 1. The van der Waals surface area contributed by atoms with Gasteiger partial charge in [-0.05, 0) is 49.6 Å². The van der Waals surface area contributed by atoms with Crippen molar-refractivity contribution >= 4 is 11.6 Å². The van der Waals surface area contributed by atoms with Crippen LogP contribution >= 0.6 is 0 Å². The van der Waals surface area contributed by atoms with E-state index in [1.165, 1.54) is 5.56 Å². The van der Waals surface area contributed by atoms with Crippen molar-refractivity contribution < 1.29 is 9.53 Å². The van der Waals surface area contributed by atoms with E-state index >= 15 is 0 Å². The molecule has 1 fully saturated rings. The third-order valence-corrected chi connectivity index (χ3v) is 5.04. The number of nitrogens with zero attached hydrogens (tertiary/aromatic N) is 1. The third kappa shape index (κ3) is 3.85. The molecule has 0 aromatic heterocycles. The predicted molar refractivity (Wildman–Crippen MR) is 101 cm³/mol. The van der Waals surface area contributed by atoms with Gasteiger partial charge in [0.15, 0.2) is 0 Å². The highest BCUT2D eigenvalue weighted by atomic mass is 16.5. The second-order valence-electron chi connectivity index (χ2n) is 7.01. The number of nitrogen functional groups attached to an aromatic ring is 1. The maximum Gasteiger partial charge on any atom is 0.254 e. The van der Waals surface area contributed by atoms with Crippen LogP contribution in [0.15, 0.2) is 42.5 Å². The van der Waals surface area contributed by atoms with Crippen LogP contribution in [0.25, 0.3) is 0 Å². The average molecular weight is 338 g/mol. The average Bonchev–Trinajstić information content (AvgIpc) is 2.99. The molecule has 0 aliphatic carbocycles. The summed E-state index contributed by atoms with van der Waals surface area (Å²) < 4.78 is 5.67. The van der Waals surface area contributed by atoms with Crippen molar-refractivity contribution in [1.29, 1.82) is 0 Å².